The van der Waals surface area contributed by atoms with Gasteiger partial charge in [-0.05, 0) is 52.8 Å². The van der Waals surface area contributed by atoms with Crippen molar-refractivity contribution in [2.45, 2.75) is 31.6 Å². The maximum Gasteiger partial charge on any atom is 0.263 e. The van der Waals surface area contributed by atoms with Crippen molar-refractivity contribution in [1.82, 2.24) is 9.55 Å². The van der Waals surface area contributed by atoms with Gasteiger partial charge in [0.15, 0.2) is 0 Å². The van der Waals surface area contributed by atoms with Gasteiger partial charge in [0, 0.05) is 0 Å². The fraction of sp³-hybridized carbons (Fsp3) is 0.161. The molecule has 5 nitrogen and oxygen atoms in total. The number of rotatable bonds is 5. The van der Waals surface area contributed by atoms with Gasteiger partial charge in [-0.2, -0.15) is 0 Å². The molecule has 178 valence electrons. The highest BCUT2D eigenvalue weighted by Crippen LogP contribution is 2.35. The van der Waals surface area contributed by atoms with Crippen LogP contribution in [-0.2, 0) is 11.3 Å². The van der Waals surface area contributed by atoms with Crippen LogP contribution in [0.5, 0.6) is 0 Å². The molecular formula is C31H27N3O2. The Hall–Kier alpha value is -4.22. The fourth-order valence-electron chi connectivity index (χ4n) is 5.14. The van der Waals surface area contributed by atoms with Gasteiger partial charge in [-0.3, -0.25) is 9.36 Å². The molecule has 1 aliphatic heterocycles. The zero-order valence-electron chi connectivity index (χ0n) is 19.9. The third-order valence-corrected chi connectivity index (χ3v) is 6.95. The van der Waals surface area contributed by atoms with Crippen LogP contribution >= 0.6 is 0 Å². The summed E-state index contributed by atoms with van der Waals surface area (Å²) in [6, 6.07) is 34.4. The topological polar surface area (TPSA) is 70.1 Å². The summed E-state index contributed by atoms with van der Waals surface area (Å²) in [5.74, 6) is 0.212. The summed E-state index contributed by atoms with van der Waals surface area (Å²) in [5.41, 5.74) is 11.9. The van der Waals surface area contributed by atoms with Gasteiger partial charge in [-0.15, -0.1) is 0 Å². The molecule has 36 heavy (non-hydrogen) atoms. The van der Waals surface area contributed by atoms with Crippen molar-refractivity contribution in [3.63, 3.8) is 0 Å². The van der Waals surface area contributed by atoms with E-state index in [9.17, 15) is 4.79 Å². The number of aromatic nitrogens is 2. The highest BCUT2D eigenvalue weighted by atomic mass is 16.5. The molecule has 0 radical (unpaired) electrons. The molecule has 4 aromatic carbocycles. The maximum absolute atomic E-state index is 13.9. The van der Waals surface area contributed by atoms with Crippen LogP contribution < -0.4 is 11.3 Å². The molecule has 0 amide bonds. The molecule has 1 unspecified atom stereocenters. The van der Waals surface area contributed by atoms with E-state index >= 15 is 0 Å². The molecule has 1 fully saturated rings. The number of hydrogen-bond donors (Lipinski definition) is 1. The number of benzene rings is 4. The lowest BCUT2D eigenvalue weighted by atomic mass is 9.95. The Bertz CT molecular complexity index is 1560. The summed E-state index contributed by atoms with van der Waals surface area (Å²) in [4.78, 5) is 18.6. The van der Waals surface area contributed by atoms with Crippen molar-refractivity contribution in [2.24, 2.45) is 0 Å². The van der Waals surface area contributed by atoms with E-state index in [1.165, 1.54) is 0 Å². The van der Waals surface area contributed by atoms with Gasteiger partial charge in [0.2, 0.25) is 5.95 Å². The van der Waals surface area contributed by atoms with Gasteiger partial charge in [-0.1, -0.05) is 91.0 Å². The predicted molar refractivity (Wildman–Crippen MR) is 145 cm³/mol. The predicted octanol–water partition coefficient (Wildman–Crippen LogP) is 6.23. The molecule has 1 aromatic heterocycles. The van der Waals surface area contributed by atoms with Crippen molar-refractivity contribution in [2.75, 3.05) is 5.73 Å². The molecule has 0 spiro atoms. The van der Waals surface area contributed by atoms with Crippen molar-refractivity contribution in [3.05, 3.63) is 119 Å². The molecule has 2 N–H and O–H groups in total. The maximum atomic E-state index is 13.9. The molecule has 1 saturated heterocycles. The zero-order valence-corrected chi connectivity index (χ0v) is 19.9. The van der Waals surface area contributed by atoms with E-state index in [4.69, 9.17) is 15.5 Å². The van der Waals surface area contributed by atoms with Crippen LogP contribution in [0.25, 0.3) is 33.2 Å². The Kier molecular flexibility index (Phi) is 5.84. The van der Waals surface area contributed by atoms with Crippen LogP contribution in [0.4, 0.5) is 5.95 Å². The van der Waals surface area contributed by atoms with E-state index in [0.29, 0.717) is 17.4 Å². The summed E-state index contributed by atoms with van der Waals surface area (Å²) >= 11 is 0. The SMILES string of the molecule is Nc1nc2cc(-c3ccccc3)cc(-c3ccccc3)c2c(=O)n1C[C@H]1CCC(c2ccccc2)O1. The molecule has 0 bridgehead atoms. The third-order valence-electron chi connectivity index (χ3n) is 6.95. The van der Waals surface area contributed by atoms with Gasteiger partial charge >= 0.3 is 0 Å². The number of nitrogens with zero attached hydrogens (tertiary/aromatic N) is 2. The van der Waals surface area contributed by atoms with E-state index < -0.39 is 0 Å². The van der Waals surface area contributed by atoms with E-state index in [0.717, 1.165) is 40.7 Å². The molecule has 1 aliphatic rings. The van der Waals surface area contributed by atoms with Crippen molar-refractivity contribution >= 4 is 16.9 Å². The van der Waals surface area contributed by atoms with Crippen LogP contribution in [0.1, 0.15) is 24.5 Å². The summed E-state index contributed by atoms with van der Waals surface area (Å²) in [5, 5.41) is 0.577. The van der Waals surface area contributed by atoms with Crippen LogP contribution in [-0.4, -0.2) is 15.7 Å². The van der Waals surface area contributed by atoms with Gasteiger partial charge in [0.05, 0.1) is 29.7 Å². The third kappa shape index (κ3) is 4.18. The van der Waals surface area contributed by atoms with Gasteiger partial charge in [-0.25, -0.2) is 4.98 Å². The number of hydrogen-bond acceptors (Lipinski definition) is 4. The van der Waals surface area contributed by atoms with Crippen molar-refractivity contribution in [1.29, 1.82) is 0 Å². The Morgan fingerprint density at radius 3 is 2.14 bits per heavy atom. The average Bonchev–Trinajstić information content (AvgIpc) is 3.40. The first kappa shape index (κ1) is 22.3. The first-order valence-electron chi connectivity index (χ1n) is 12.3. The number of nitrogen functional groups attached to an aromatic ring is 1. The molecular weight excluding hydrogens is 446 g/mol. The van der Waals surface area contributed by atoms with E-state index in [-0.39, 0.29) is 23.7 Å². The quantitative estimate of drug-likeness (QED) is 0.328. The van der Waals surface area contributed by atoms with Crippen molar-refractivity contribution in [3.8, 4) is 22.3 Å². The Labute approximate surface area is 209 Å². The summed E-state index contributed by atoms with van der Waals surface area (Å²) in [6.07, 6.45) is 1.72. The number of fused-ring (bicyclic) bond motifs is 1. The molecule has 2 atom stereocenters. The number of nitrogens with two attached hydrogens (primary N) is 1. The highest BCUT2D eigenvalue weighted by Gasteiger charge is 2.28. The van der Waals surface area contributed by atoms with Gasteiger partial charge < -0.3 is 10.5 Å². The standard InChI is InChI=1S/C31H27N3O2/c32-31-33-27-19-24(21-10-4-1-5-11-21)18-26(22-12-6-2-7-13-22)29(27)30(35)34(31)20-25-16-17-28(36-25)23-14-8-3-9-15-23/h1-15,18-19,25,28H,16-17,20H2,(H2,32,33)/t25-,28?/m1/s1. The van der Waals surface area contributed by atoms with Crippen molar-refractivity contribution < 1.29 is 4.74 Å². The van der Waals surface area contributed by atoms with Gasteiger partial charge in [0.25, 0.3) is 5.56 Å². The minimum absolute atomic E-state index is 0.0369. The number of ether oxygens (including phenoxy) is 1. The molecule has 6 rings (SSSR count). The first-order valence-corrected chi connectivity index (χ1v) is 12.3. The van der Waals surface area contributed by atoms with E-state index in [2.05, 4.69) is 30.3 Å². The van der Waals surface area contributed by atoms with E-state index in [1.807, 2.05) is 72.8 Å². The summed E-state index contributed by atoms with van der Waals surface area (Å²) in [7, 11) is 0. The Balaban J connectivity index is 1.43. The fourth-order valence-corrected chi connectivity index (χ4v) is 5.14. The lowest BCUT2D eigenvalue weighted by Gasteiger charge is -2.18. The smallest absolute Gasteiger partial charge is 0.263 e. The second kappa shape index (κ2) is 9.44. The first-order chi connectivity index (χ1) is 17.7. The summed E-state index contributed by atoms with van der Waals surface area (Å²) in [6.45, 7) is 0.381. The minimum atomic E-state index is -0.136. The lowest BCUT2D eigenvalue weighted by Crippen LogP contribution is -2.30. The normalized spacial score (nSPS) is 17.4. The average molecular weight is 474 g/mol. The highest BCUT2D eigenvalue weighted by molar-refractivity contribution is 5.98. The van der Waals surface area contributed by atoms with Gasteiger partial charge in [0.1, 0.15) is 0 Å². The molecule has 5 heteroatoms. The monoisotopic (exact) mass is 473 g/mol. The van der Waals surface area contributed by atoms with Crippen LogP contribution in [0.15, 0.2) is 108 Å². The van der Waals surface area contributed by atoms with Crippen LogP contribution in [0.3, 0.4) is 0 Å². The second-order valence-electron chi connectivity index (χ2n) is 9.27. The summed E-state index contributed by atoms with van der Waals surface area (Å²) < 4.78 is 7.90. The van der Waals surface area contributed by atoms with Crippen LogP contribution in [0, 0.1) is 0 Å². The second-order valence-corrected chi connectivity index (χ2v) is 9.27. The molecule has 0 aliphatic carbocycles. The number of anilines is 1. The molecule has 0 saturated carbocycles. The molecule has 2 heterocycles. The molecule has 5 aromatic rings. The Morgan fingerprint density at radius 1 is 0.806 bits per heavy atom. The largest absolute Gasteiger partial charge is 0.369 e. The zero-order chi connectivity index (χ0) is 24.5. The van der Waals surface area contributed by atoms with E-state index in [1.54, 1.807) is 4.57 Å². The van der Waals surface area contributed by atoms with Crippen LogP contribution in [0.2, 0.25) is 0 Å². The lowest BCUT2D eigenvalue weighted by molar-refractivity contribution is 0.0348. The minimum Gasteiger partial charge on any atom is -0.369 e. The Morgan fingerprint density at radius 2 is 1.44 bits per heavy atom.